The first kappa shape index (κ1) is 29.6. The summed E-state index contributed by atoms with van der Waals surface area (Å²) >= 11 is 0. The number of hydrogen-bond donors (Lipinski definition) is 3. The summed E-state index contributed by atoms with van der Waals surface area (Å²) in [6.07, 6.45) is 6.98. The number of phenols is 3. The van der Waals surface area contributed by atoms with Gasteiger partial charge in [-0.1, -0.05) is 30.4 Å². The molecule has 0 heterocycles. The number of hydrogen-bond acceptors (Lipinski definition) is 8. The van der Waals surface area contributed by atoms with E-state index in [1.807, 2.05) is 0 Å². The average molecular weight is 545 g/mol. The molecule has 0 spiro atoms. The zero-order valence-corrected chi connectivity index (χ0v) is 22.6. The van der Waals surface area contributed by atoms with Crippen LogP contribution in [0.4, 0.5) is 0 Å². The van der Waals surface area contributed by atoms with Crippen LogP contribution in [0, 0.1) is 0 Å². The molecule has 0 aliphatic carbocycles. The first-order valence-corrected chi connectivity index (χ1v) is 12.8. The Hall–Kier alpha value is -4.98. The lowest BCUT2D eigenvalue weighted by molar-refractivity contribution is -0.116. The zero-order chi connectivity index (χ0) is 29.1. The summed E-state index contributed by atoms with van der Waals surface area (Å²) < 4.78 is 16.2. The summed E-state index contributed by atoms with van der Waals surface area (Å²) in [6, 6.07) is 13.8. The van der Waals surface area contributed by atoms with Gasteiger partial charge in [-0.2, -0.15) is 0 Å². The van der Waals surface area contributed by atoms with Crippen molar-refractivity contribution in [3.8, 4) is 34.5 Å². The summed E-state index contributed by atoms with van der Waals surface area (Å²) in [4.78, 5) is 26.6. The molecule has 0 aliphatic rings. The van der Waals surface area contributed by atoms with Crippen molar-refractivity contribution in [2.24, 2.45) is 0 Å². The fraction of sp³-hybridized carbons (Fsp3) is 0.188. The van der Waals surface area contributed by atoms with E-state index in [0.29, 0.717) is 36.5 Å². The van der Waals surface area contributed by atoms with Gasteiger partial charge in [-0.15, -0.1) is 0 Å². The van der Waals surface area contributed by atoms with Gasteiger partial charge in [-0.25, -0.2) is 0 Å². The van der Waals surface area contributed by atoms with Crippen molar-refractivity contribution < 1.29 is 39.1 Å². The van der Waals surface area contributed by atoms with Crippen molar-refractivity contribution in [2.45, 2.75) is 20.8 Å². The van der Waals surface area contributed by atoms with Gasteiger partial charge in [-0.3, -0.25) is 9.59 Å². The summed E-state index contributed by atoms with van der Waals surface area (Å²) in [7, 11) is 0. The van der Waals surface area contributed by atoms with Crippen LogP contribution >= 0.6 is 0 Å². The highest BCUT2D eigenvalue weighted by atomic mass is 16.5. The molecule has 3 rings (SSSR count). The molecule has 0 unspecified atom stereocenters. The highest BCUT2D eigenvalue weighted by Crippen LogP contribution is 2.30. The van der Waals surface area contributed by atoms with Gasteiger partial charge in [0.15, 0.2) is 46.1 Å². The maximum Gasteiger partial charge on any atom is 0.189 e. The van der Waals surface area contributed by atoms with Gasteiger partial charge in [-0.05, 0) is 92.1 Å². The lowest BCUT2D eigenvalue weighted by Crippen LogP contribution is -2.08. The molecule has 8 nitrogen and oxygen atoms in total. The molecule has 0 amide bonds. The van der Waals surface area contributed by atoms with Crippen LogP contribution in [0.5, 0.6) is 34.5 Å². The quantitative estimate of drug-likeness (QED) is 0.137. The number of rotatable bonds is 13. The first-order valence-electron chi connectivity index (χ1n) is 12.8. The Morgan fingerprint density at radius 1 is 0.600 bits per heavy atom. The molecule has 0 bridgehead atoms. The van der Waals surface area contributed by atoms with Crippen LogP contribution < -0.4 is 14.2 Å². The van der Waals surface area contributed by atoms with Gasteiger partial charge in [0.05, 0.1) is 25.4 Å². The smallest absolute Gasteiger partial charge is 0.189 e. The normalized spacial score (nSPS) is 11.0. The molecule has 0 atom stereocenters. The largest absolute Gasteiger partial charge is 0.504 e. The van der Waals surface area contributed by atoms with Crippen LogP contribution in [0.15, 0.2) is 72.3 Å². The number of ether oxygens (including phenoxy) is 3. The minimum atomic E-state index is -0.563. The van der Waals surface area contributed by atoms with Crippen LogP contribution in [-0.2, 0) is 9.59 Å². The lowest BCUT2D eigenvalue weighted by atomic mass is 10.0. The van der Waals surface area contributed by atoms with Crippen molar-refractivity contribution in [1.82, 2.24) is 0 Å². The Morgan fingerprint density at radius 2 is 0.950 bits per heavy atom. The Morgan fingerprint density at radius 3 is 1.32 bits per heavy atom. The van der Waals surface area contributed by atoms with E-state index in [4.69, 9.17) is 14.2 Å². The molecule has 0 fully saturated rings. The molecule has 0 radical (unpaired) electrons. The van der Waals surface area contributed by atoms with Gasteiger partial charge in [0.25, 0.3) is 0 Å². The summed E-state index contributed by atoms with van der Waals surface area (Å²) in [6.45, 7) is 6.39. The van der Waals surface area contributed by atoms with Crippen molar-refractivity contribution in [2.75, 3.05) is 19.8 Å². The highest BCUT2D eigenvalue weighted by Gasteiger charge is 2.15. The van der Waals surface area contributed by atoms with E-state index >= 15 is 0 Å². The Kier molecular flexibility index (Phi) is 10.5. The van der Waals surface area contributed by atoms with Crippen molar-refractivity contribution in [1.29, 1.82) is 0 Å². The number of aromatic hydroxyl groups is 3. The van der Waals surface area contributed by atoms with E-state index in [2.05, 4.69) is 0 Å². The molecule has 0 aromatic heterocycles. The van der Waals surface area contributed by atoms with Gasteiger partial charge in [0.2, 0.25) is 0 Å². The van der Waals surface area contributed by atoms with Crippen LogP contribution in [0.1, 0.15) is 37.5 Å². The number of carbonyl (C=O) groups excluding carboxylic acids is 2. The number of benzene rings is 3. The maximum atomic E-state index is 13.3. The predicted octanol–water partition coefficient (Wildman–Crippen LogP) is 5.95. The van der Waals surface area contributed by atoms with E-state index in [0.717, 1.165) is 0 Å². The Balaban J connectivity index is 1.97. The summed E-state index contributed by atoms with van der Waals surface area (Å²) in [5, 5.41) is 29.9. The fourth-order valence-electron chi connectivity index (χ4n) is 3.66. The van der Waals surface area contributed by atoms with Gasteiger partial charge in [0, 0.05) is 0 Å². The molecule has 0 aliphatic heterocycles. The lowest BCUT2D eigenvalue weighted by Gasteiger charge is -2.08. The van der Waals surface area contributed by atoms with Crippen molar-refractivity contribution >= 4 is 29.8 Å². The molecule has 3 aromatic rings. The molecule has 40 heavy (non-hydrogen) atoms. The third kappa shape index (κ3) is 8.01. The van der Waals surface area contributed by atoms with E-state index in [1.165, 1.54) is 54.6 Å². The third-order valence-corrected chi connectivity index (χ3v) is 5.55. The molecule has 0 saturated heterocycles. The molecule has 8 heteroatoms. The average Bonchev–Trinajstić information content (AvgIpc) is 2.94. The number of ketones is 2. The van der Waals surface area contributed by atoms with Crippen molar-refractivity contribution in [3.05, 3.63) is 89.0 Å². The molecular formula is C32H32O8. The predicted molar refractivity (Wildman–Crippen MR) is 154 cm³/mol. The molecular weight excluding hydrogens is 512 g/mol. The van der Waals surface area contributed by atoms with E-state index in [-0.39, 0.29) is 40.1 Å². The number of allylic oxidation sites excluding steroid dienone is 3. The topological polar surface area (TPSA) is 123 Å². The van der Waals surface area contributed by atoms with E-state index < -0.39 is 11.6 Å². The van der Waals surface area contributed by atoms with E-state index in [9.17, 15) is 24.9 Å². The SMILES string of the molecule is CCOc1cc(C=C(C(=O)/C=C/c2ccc(O)c(OCC)c2)C(=O)/C=C/c2ccc(O)c(OCC)c2)ccc1O. The van der Waals surface area contributed by atoms with Crippen LogP contribution in [0.25, 0.3) is 18.2 Å². The Bertz CT molecular complexity index is 1370. The zero-order valence-electron chi connectivity index (χ0n) is 22.6. The molecule has 3 N–H and O–H groups in total. The van der Waals surface area contributed by atoms with Crippen LogP contribution in [0.3, 0.4) is 0 Å². The van der Waals surface area contributed by atoms with Crippen LogP contribution in [0.2, 0.25) is 0 Å². The number of phenolic OH excluding ortho intramolecular Hbond substituents is 3. The molecule has 208 valence electrons. The Labute approximate surface area is 233 Å². The molecule has 0 saturated carbocycles. The summed E-state index contributed by atoms with van der Waals surface area (Å²) in [5.74, 6) is -0.454. The highest BCUT2D eigenvalue weighted by molar-refractivity contribution is 6.31. The maximum absolute atomic E-state index is 13.3. The molecule has 3 aromatic carbocycles. The standard InChI is InChI=1S/C32H32O8/c1-4-38-30-18-21(9-14-27(30)35)7-12-25(33)24(17-23-11-16-29(37)32(20-23)40-6-3)26(34)13-8-22-10-15-28(36)31(19-22)39-5-2/h7-20,35-37H,4-6H2,1-3H3/b12-7+,13-8+. The van der Waals surface area contributed by atoms with Gasteiger partial charge < -0.3 is 29.5 Å². The number of carbonyl (C=O) groups is 2. The second-order valence-corrected chi connectivity index (χ2v) is 8.43. The second kappa shape index (κ2) is 14.2. The van der Waals surface area contributed by atoms with Gasteiger partial charge >= 0.3 is 0 Å². The van der Waals surface area contributed by atoms with Gasteiger partial charge in [0.1, 0.15) is 0 Å². The minimum Gasteiger partial charge on any atom is -0.504 e. The van der Waals surface area contributed by atoms with E-state index in [1.54, 1.807) is 51.1 Å². The monoisotopic (exact) mass is 544 g/mol. The third-order valence-electron chi connectivity index (χ3n) is 5.55. The summed E-state index contributed by atoms with van der Waals surface area (Å²) in [5.41, 5.74) is 1.53. The van der Waals surface area contributed by atoms with Crippen molar-refractivity contribution in [3.63, 3.8) is 0 Å². The second-order valence-electron chi connectivity index (χ2n) is 8.43. The minimum absolute atomic E-state index is 0.0228. The fourth-order valence-corrected chi connectivity index (χ4v) is 3.66. The van der Waals surface area contributed by atoms with Crippen LogP contribution in [-0.4, -0.2) is 46.7 Å². The first-order chi connectivity index (χ1) is 19.2.